The van der Waals surface area contributed by atoms with Crippen LogP contribution in [0.3, 0.4) is 0 Å². The molecule has 0 amide bonds. The fraction of sp³-hybridized carbons (Fsp3) is 0.0702. The minimum Gasteiger partial charge on any atom is -0.310 e. The van der Waals surface area contributed by atoms with Gasteiger partial charge in [0, 0.05) is 77.9 Å². The quantitative estimate of drug-likeness (QED) is 0.100. The second kappa shape index (κ2) is 27.0. The SMILES string of the molecule is [2H]c1c([2H])c([2H])c2c(c1[2H])c1c([2H])c(-c3ccccc3)c([2H])c([2H])c1n2-c1ccc2c(c1)N(c1c(-c3ccc4c(ccc5ccccc54)c3)cccc1-c1ccc3c(ccc4ccccc43)c1)c1cc(C(C)(C)C)cc3c1B2c1ccc(-n2c4c([2H])c([2H])c([2H])c([2H])c4c4c([2H])c(-c5ccccc5)c([2H])c([2H])c42)cc1N3c1c(-c2ccccc2)cc(C(C)(C)C)cc1-c1ccccc1. The Bertz CT molecular complexity index is 8460. The van der Waals surface area contributed by atoms with Crippen LogP contribution in [0, 0.1) is 0 Å². The summed E-state index contributed by atoms with van der Waals surface area (Å²) in [5.41, 5.74) is 17.0. The van der Waals surface area contributed by atoms with Crippen LogP contribution < -0.4 is 26.2 Å². The van der Waals surface area contributed by atoms with Gasteiger partial charge in [0.15, 0.2) is 0 Å². The number of anilines is 6. The first-order valence-electron chi connectivity index (χ1n) is 47.7. The molecule has 0 saturated heterocycles. The lowest BCUT2D eigenvalue weighted by Crippen LogP contribution is -2.61. The number of nitrogens with zero attached hydrogens (tertiary/aromatic N) is 4. The summed E-state index contributed by atoms with van der Waals surface area (Å²) in [7, 11) is 0. The predicted molar refractivity (Wildman–Crippen MR) is 509 cm³/mol. The third-order valence-electron chi connectivity index (χ3n) is 24.6. The van der Waals surface area contributed by atoms with Crippen LogP contribution in [0.4, 0.5) is 34.1 Å². The van der Waals surface area contributed by atoms with Crippen LogP contribution in [0.5, 0.6) is 0 Å². The van der Waals surface area contributed by atoms with Gasteiger partial charge in [0.2, 0.25) is 0 Å². The number of fused-ring (bicyclic) bond motifs is 16. The van der Waals surface area contributed by atoms with Crippen molar-refractivity contribution in [2.45, 2.75) is 52.4 Å². The lowest BCUT2D eigenvalue weighted by Gasteiger charge is -2.46. The molecular formula is C114H83BN4. The van der Waals surface area contributed by atoms with Gasteiger partial charge in [-0.25, -0.2) is 0 Å². The molecular weight excluding hydrogens is 1440 g/mol. The zero-order valence-electron chi connectivity index (χ0n) is 80.3. The van der Waals surface area contributed by atoms with E-state index in [0.717, 1.165) is 138 Å². The number of para-hydroxylation sites is 3. The highest BCUT2D eigenvalue weighted by molar-refractivity contribution is 7.00. The molecule has 562 valence electrons. The van der Waals surface area contributed by atoms with E-state index >= 15 is 0 Å². The van der Waals surface area contributed by atoms with Gasteiger partial charge in [-0.2, -0.15) is 0 Å². The highest BCUT2D eigenvalue weighted by Crippen LogP contribution is 2.56. The van der Waals surface area contributed by atoms with Crippen molar-refractivity contribution in [1.29, 1.82) is 0 Å². The lowest BCUT2D eigenvalue weighted by atomic mass is 9.33. The van der Waals surface area contributed by atoms with Gasteiger partial charge >= 0.3 is 0 Å². The molecule has 19 aromatic carbocycles. The van der Waals surface area contributed by atoms with Gasteiger partial charge in [-0.3, -0.25) is 0 Å². The Hall–Kier alpha value is -14.5. The molecule has 0 N–H and O–H groups in total. The Labute approximate surface area is 713 Å². The first kappa shape index (κ1) is 56.7. The maximum Gasteiger partial charge on any atom is 0.252 e. The van der Waals surface area contributed by atoms with Crippen molar-refractivity contribution >= 4 is 144 Å². The van der Waals surface area contributed by atoms with Crippen molar-refractivity contribution in [3.05, 3.63) is 405 Å². The maximum atomic E-state index is 10.5. The minimum absolute atomic E-state index is 0.0188. The third-order valence-corrected chi connectivity index (χ3v) is 24.6. The monoisotopic (exact) mass is 1530 g/mol. The van der Waals surface area contributed by atoms with Gasteiger partial charge in [-0.15, -0.1) is 0 Å². The smallest absolute Gasteiger partial charge is 0.252 e. The van der Waals surface area contributed by atoms with Gasteiger partial charge in [0.1, 0.15) is 0 Å². The number of hydrogen-bond acceptors (Lipinski definition) is 2. The van der Waals surface area contributed by atoms with Crippen LogP contribution in [-0.2, 0) is 10.8 Å². The Balaban J connectivity index is 0.912. The average Bonchev–Trinajstić information content (AvgIpc) is 1.55. The van der Waals surface area contributed by atoms with Gasteiger partial charge < -0.3 is 18.9 Å². The summed E-state index contributed by atoms with van der Waals surface area (Å²) in [6.07, 6.45) is 0. The van der Waals surface area contributed by atoms with Crippen molar-refractivity contribution < 1.29 is 19.2 Å². The summed E-state index contributed by atoms with van der Waals surface area (Å²) in [4.78, 5) is 4.81. The van der Waals surface area contributed by atoms with E-state index in [-0.39, 0.29) is 91.0 Å². The summed E-state index contributed by atoms with van der Waals surface area (Å²) in [5.74, 6) is 0. The van der Waals surface area contributed by atoms with Crippen molar-refractivity contribution in [2.75, 3.05) is 9.80 Å². The molecule has 0 fully saturated rings. The van der Waals surface area contributed by atoms with Crippen LogP contribution in [0.1, 0.15) is 71.9 Å². The molecule has 2 aliphatic heterocycles. The van der Waals surface area contributed by atoms with E-state index in [9.17, 15) is 19.2 Å². The van der Waals surface area contributed by atoms with Crippen LogP contribution in [0.2, 0.25) is 0 Å². The number of rotatable bonds is 10. The molecule has 0 radical (unpaired) electrons. The van der Waals surface area contributed by atoms with Crippen LogP contribution in [0.25, 0.3) is 165 Å². The molecule has 0 bridgehead atoms. The molecule has 5 heteroatoms. The Morgan fingerprint density at radius 2 is 0.630 bits per heavy atom. The zero-order valence-corrected chi connectivity index (χ0v) is 66.3. The van der Waals surface area contributed by atoms with Crippen molar-refractivity contribution in [1.82, 2.24) is 9.13 Å². The van der Waals surface area contributed by atoms with Crippen LogP contribution >= 0.6 is 0 Å². The minimum atomic E-state index is -0.766. The predicted octanol–water partition coefficient (Wildman–Crippen LogP) is 29.2. The largest absolute Gasteiger partial charge is 0.310 e. The molecule has 0 atom stereocenters. The van der Waals surface area contributed by atoms with Crippen molar-refractivity contribution in [2.24, 2.45) is 0 Å². The van der Waals surface area contributed by atoms with Gasteiger partial charge in [0.25, 0.3) is 6.71 Å². The normalized spacial score (nSPS) is 14.4. The van der Waals surface area contributed by atoms with E-state index in [4.69, 9.17) is 0 Å². The van der Waals surface area contributed by atoms with E-state index in [1.54, 1.807) is 57.7 Å². The highest BCUT2D eigenvalue weighted by atomic mass is 15.2. The number of aromatic nitrogens is 2. The third kappa shape index (κ3) is 11.3. The van der Waals surface area contributed by atoms with Gasteiger partial charge in [-0.05, 0) is 223 Å². The standard InChI is InChI=1S/C114H83BN4/c1-113(2,3)84-66-96(74-32-15-9-16-33-74)112(97(67-84)75-34-17-10-18-35-75)119-107-71-87(117-103-45-26-24-41-95(103)99-65-79(53-61-105(99)117)73-30-13-8-14-31-73)55-59-101(107)115-100-58-54-86(116-102-44-25-23-40-94(102)98-64-78(52-60-104(98)116)72-28-11-7-12-29-72)70-106(100)118(108-68-85(114(4,5)6)69-109(119)110(108)115)111-92(82-50-56-90-80(62-82)48-46-76-36-19-21-38-88(76)90)42-27-43-93(111)83-51-57-91-81(63-83)49-47-77-37-20-22-39-89(77)91/h7-71H,1-6H3/i23D,24D,25D,26D,40D,41D,44D,45D,52D,53D,60D,61D,64D,65D. The average molecular weight is 1530 g/mol. The second-order valence-electron chi connectivity index (χ2n) is 33.6. The van der Waals surface area contributed by atoms with Crippen molar-refractivity contribution in [3.63, 3.8) is 0 Å². The molecule has 4 nitrogen and oxygen atoms in total. The summed E-state index contributed by atoms with van der Waals surface area (Å²) in [5, 5.41) is 8.86. The fourth-order valence-corrected chi connectivity index (χ4v) is 18.8. The zero-order chi connectivity index (χ0) is 91.7. The molecule has 0 unspecified atom stereocenters. The summed E-state index contributed by atoms with van der Waals surface area (Å²) >= 11 is 0. The van der Waals surface area contributed by atoms with Crippen molar-refractivity contribution in [3.8, 4) is 78.1 Å². The highest BCUT2D eigenvalue weighted by Gasteiger charge is 2.47. The Kier molecular flexibility index (Phi) is 12.9. The molecule has 119 heavy (non-hydrogen) atoms. The molecule has 23 rings (SSSR count). The van der Waals surface area contributed by atoms with Crippen LogP contribution in [0.15, 0.2) is 394 Å². The molecule has 0 spiro atoms. The second-order valence-corrected chi connectivity index (χ2v) is 33.6. The summed E-state index contributed by atoms with van der Waals surface area (Å²) < 4.78 is 143. The number of hydrogen-bond donors (Lipinski definition) is 0. The van der Waals surface area contributed by atoms with E-state index < -0.39 is 65.9 Å². The molecule has 0 saturated carbocycles. The summed E-state index contributed by atoms with van der Waals surface area (Å²) in [6, 6.07) is 101. The van der Waals surface area contributed by atoms with Gasteiger partial charge in [0.05, 0.1) is 52.6 Å². The molecule has 0 aliphatic carbocycles. The molecule has 2 aliphatic rings. The first-order chi connectivity index (χ1) is 64.1. The Morgan fingerprint density at radius 3 is 1.08 bits per heavy atom. The molecule has 21 aromatic rings. The van der Waals surface area contributed by atoms with E-state index in [1.165, 1.54) is 0 Å². The molecule has 2 aromatic heterocycles. The maximum absolute atomic E-state index is 10.5. The summed E-state index contributed by atoms with van der Waals surface area (Å²) in [6.45, 7) is 12.6. The lowest BCUT2D eigenvalue weighted by molar-refractivity contribution is 0.590. The number of benzene rings is 19. The van der Waals surface area contributed by atoms with Gasteiger partial charge in [-0.1, -0.05) is 339 Å². The van der Waals surface area contributed by atoms with E-state index in [2.05, 4.69) is 276 Å². The first-order valence-corrected chi connectivity index (χ1v) is 40.7. The molecule has 4 heterocycles. The van der Waals surface area contributed by atoms with Crippen LogP contribution in [-0.4, -0.2) is 15.8 Å². The Morgan fingerprint density at radius 1 is 0.252 bits per heavy atom. The van der Waals surface area contributed by atoms with E-state index in [0.29, 0.717) is 33.9 Å². The van der Waals surface area contributed by atoms with E-state index in [1.807, 2.05) is 36.4 Å². The topological polar surface area (TPSA) is 16.3 Å². The fourth-order valence-electron chi connectivity index (χ4n) is 18.8.